The molecule has 1 heterocycles. The number of nitrogens with one attached hydrogen (secondary N) is 1. The minimum atomic E-state index is -0.778. The molecule has 0 spiro atoms. The molecule has 1 aliphatic rings. The van der Waals surface area contributed by atoms with Crippen molar-refractivity contribution in [1.29, 1.82) is 0 Å². The van der Waals surface area contributed by atoms with E-state index in [0.717, 1.165) is 11.3 Å². The monoisotopic (exact) mass is 295 g/mol. The highest BCUT2D eigenvalue weighted by Crippen LogP contribution is 2.18. The lowest BCUT2D eigenvalue weighted by molar-refractivity contribution is -0.140. The molecule has 0 fully saturated rings. The van der Waals surface area contributed by atoms with Gasteiger partial charge in [-0.2, -0.15) is 0 Å². The van der Waals surface area contributed by atoms with Gasteiger partial charge in [0.25, 0.3) is 11.8 Å². The van der Waals surface area contributed by atoms with Gasteiger partial charge in [-0.3, -0.25) is 19.3 Å². The summed E-state index contributed by atoms with van der Waals surface area (Å²) in [6, 6.07) is 0. The number of carbonyl (C=O) groups excluding carboxylic acids is 3. The van der Waals surface area contributed by atoms with E-state index in [9.17, 15) is 14.4 Å². The second kappa shape index (κ2) is 6.85. The third-order valence-corrected chi connectivity index (χ3v) is 3.92. The predicted octanol–water partition coefficient (Wildman–Crippen LogP) is 0.775. The zero-order valence-corrected chi connectivity index (χ0v) is 13.2. The minimum Gasteiger partial charge on any atom is -0.355 e. The van der Waals surface area contributed by atoms with Crippen LogP contribution in [-0.4, -0.2) is 35.3 Å². The zero-order chi connectivity index (χ0) is 16.2. The van der Waals surface area contributed by atoms with Crippen LogP contribution < -0.4 is 11.1 Å². The molecule has 2 atom stereocenters. The molecular weight excluding hydrogens is 270 g/mol. The first-order valence-corrected chi connectivity index (χ1v) is 7.26. The van der Waals surface area contributed by atoms with E-state index >= 15 is 0 Å². The standard InChI is InChI=1S/C15H25N3O3/c1-5-15(3,4)9-17-14(21)10(2)8-11(16)18-12(19)6-7-13(18)20/h6-7,10-11H,5,8-9,16H2,1-4H3,(H,17,21). The summed E-state index contributed by atoms with van der Waals surface area (Å²) in [6.45, 7) is 8.56. The van der Waals surface area contributed by atoms with E-state index in [1.54, 1.807) is 6.92 Å². The van der Waals surface area contributed by atoms with Crippen molar-refractivity contribution in [2.24, 2.45) is 17.1 Å². The average Bonchev–Trinajstić information content (AvgIpc) is 2.75. The molecule has 3 amide bonds. The van der Waals surface area contributed by atoms with Gasteiger partial charge >= 0.3 is 0 Å². The first kappa shape index (κ1) is 17.4. The number of nitrogens with zero attached hydrogens (tertiary/aromatic N) is 1. The maximum Gasteiger partial charge on any atom is 0.254 e. The van der Waals surface area contributed by atoms with Crippen LogP contribution in [0.4, 0.5) is 0 Å². The Bertz CT molecular complexity index is 439. The summed E-state index contributed by atoms with van der Waals surface area (Å²) in [5.74, 6) is -1.33. The molecule has 118 valence electrons. The van der Waals surface area contributed by atoms with Crippen LogP contribution in [0.25, 0.3) is 0 Å². The number of carbonyl (C=O) groups is 3. The van der Waals surface area contributed by atoms with Crippen molar-refractivity contribution in [2.75, 3.05) is 6.54 Å². The fourth-order valence-corrected chi connectivity index (χ4v) is 1.94. The van der Waals surface area contributed by atoms with Gasteiger partial charge in [0.15, 0.2) is 0 Å². The van der Waals surface area contributed by atoms with E-state index in [2.05, 4.69) is 26.1 Å². The summed E-state index contributed by atoms with van der Waals surface area (Å²) in [5, 5.41) is 2.89. The third kappa shape index (κ3) is 4.67. The molecule has 0 radical (unpaired) electrons. The summed E-state index contributed by atoms with van der Waals surface area (Å²) in [4.78, 5) is 36.1. The van der Waals surface area contributed by atoms with Crippen molar-refractivity contribution in [3.8, 4) is 0 Å². The highest BCUT2D eigenvalue weighted by molar-refractivity contribution is 6.13. The van der Waals surface area contributed by atoms with Crippen molar-refractivity contribution in [1.82, 2.24) is 10.2 Å². The SMILES string of the molecule is CCC(C)(C)CNC(=O)C(C)CC(N)N1C(=O)C=CC1=O. The molecule has 0 saturated heterocycles. The highest BCUT2D eigenvalue weighted by Gasteiger charge is 2.31. The van der Waals surface area contributed by atoms with Crippen LogP contribution >= 0.6 is 0 Å². The maximum atomic E-state index is 12.0. The Labute approximate surface area is 125 Å². The van der Waals surface area contributed by atoms with Crippen molar-refractivity contribution in [3.05, 3.63) is 12.2 Å². The molecule has 6 heteroatoms. The predicted molar refractivity (Wildman–Crippen MR) is 79.8 cm³/mol. The number of hydrogen-bond acceptors (Lipinski definition) is 4. The Morgan fingerprint density at radius 2 is 1.86 bits per heavy atom. The van der Waals surface area contributed by atoms with Gasteiger partial charge in [-0.1, -0.05) is 27.7 Å². The van der Waals surface area contributed by atoms with Crippen LogP contribution in [0.1, 0.15) is 40.5 Å². The lowest BCUT2D eigenvalue weighted by Gasteiger charge is -2.26. The normalized spacial score (nSPS) is 18.0. The Balaban J connectivity index is 2.49. The van der Waals surface area contributed by atoms with Crippen LogP contribution in [0, 0.1) is 11.3 Å². The van der Waals surface area contributed by atoms with Gasteiger partial charge in [0, 0.05) is 24.6 Å². The molecule has 1 rings (SSSR count). The van der Waals surface area contributed by atoms with Gasteiger partial charge in [-0.15, -0.1) is 0 Å². The van der Waals surface area contributed by atoms with Crippen LogP contribution in [0.5, 0.6) is 0 Å². The molecule has 21 heavy (non-hydrogen) atoms. The summed E-state index contributed by atoms with van der Waals surface area (Å²) >= 11 is 0. The van der Waals surface area contributed by atoms with E-state index < -0.39 is 18.0 Å². The summed E-state index contributed by atoms with van der Waals surface area (Å²) in [6.07, 6.45) is 2.81. The Morgan fingerprint density at radius 1 is 1.33 bits per heavy atom. The third-order valence-electron chi connectivity index (χ3n) is 3.92. The Morgan fingerprint density at radius 3 is 2.33 bits per heavy atom. The summed E-state index contributed by atoms with van der Waals surface area (Å²) < 4.78 is 0. The minimum absolute atomic E-state index is 0.0439. The largest absolute Gasteiger partial charge is 0.355 e. The smallest absolute Gasteiger partial charge is 0.254 e. The molecular formula is C15H25N3O3. The summed E-state index contributed by atoms with van der Waals surface area (Å²) in [7, 11) is 0. The molecule has 0 saturated carbocycles. The van der Waals surface area contributed by atoms with Crippen molar-refractivity contribution in [2.45, 2.75) is 46.7 Å². The van der Waals surface area contributed by atoms with Crippen LogP contribution in [-0.2, 0) is 14.4 Å². The number of hydrogen-bond donors (Lipinski definition) is 2. The van der Waals surface area contributed by atoms with Gasteiger partial charge < -0.3 is 11.1 Å². The quantitative estimate of drug-likeness (QED) is 0.679. The van der Waals surface area contributed by atoms with Gasteiger partial charge in [-0.25, -0.2) is 0 Å². The Hall–Kier alpha value is -1.69. The molecule has 0 bridgehead atoms. The van der Waals surface area contributed by atoms with E-state index in [0.29, 0.717) is 6.54 Å². The van der Waals surface area contributed by atoms with E-state index in [-0.39, 0.29) is 23.7 Å². The fraction of sp³-hybridized carbons (Fsp3) is 0.667. The number of imide groups is 1. The topological polar surface area (TPSA) is 92.5 Å². The molecule has 3 N–H and O–H groups in total. The molecule has 2 unspecified atom stereocenters. The highest BCUT2D eigenvalue weighted by atomic mass is 16.2. The van der Waals surface area contributed by atoms with Crippen LogP contribution in [0.2, 0.25) is 0 Å². The number of rotatable bonds is 7. The molecule has 0 aromatic heterocycles. The molecule has 0 aromatic rings. The van der Waals surface area contributed by atoms with Crippen molar-refractivity contribution < 1.29 is 14.4 Å². The first-order chi connectivity index (χ1) is 9.68. The molecule has 1 aliphatic heterocycles. The maximum absolute atomic E-state index is 12.0. The second-order valence-corrected chi connectivity index (χ2v) is 6.32. The van der Waals surface area contributed by atoms with E-state index in [4.69, 9.17) is 5.73 Å². The molecule has 6 nitrogen and oxygen atoms in total. The van der Waals surface area contributed by atoms with Gasteiger partial charge in [0.05, 0.1) is 6.17 Å². The Kier molecular flexibility index (Phi) is 5.66. The van der Waals surface area contributed by atoms with Gasteiger partial charge in [0.1, 0.15) is 0 Å². The second-order valence-electron chi connectivity index (χ2n) is 6.32. The average molecular weight is 295 g/mol. The van der Waals surface area contributed by atoms with Gasteiger partial charge in [-0.05, 0) is 18.3 Å². The molecule has 0 aromatic carbocycles. The number of nitrogens with two attached hydrogens (primary N) is 1. The van der Waals surface area contributed by atoms with Gasteiger partial charge in [0.2, 0.25) is 5.91 Å². The van der Waals surface area contributed by atoms with Crippen molar-refractivity contribution >= 4 is 17.7 Å². The molecule has 0 aliphatic carbocycles. The lowest BCUT2D eigenvalue weighted by Crippen LogP contribution is -2.48. The lowest BCUT2D eigenvalue weighted by atomic mass is 9.90. The van der Waals surface area contributed by atoms with Crippen LogP contribution in [0.15, 0.2) is 12.2 Å². The van der Waals surface area contributed by atoms with Crippen LogP contribution in [0.3, 0.4) is 0 Å². The number of amides is 3. The first-order valence-electron chi connectivity index (χ1n) is 7.26. The van der Waals surface area contributed by atoms with E-state index in [1.807, 2.05) is 0 Å². The zero-order valence-electron chi connectivity index (χ0n) is 13.2. The van der Waals surface area contributed by atoms with Crippen molar-refractivity contribution in [3.63, 3.8) is 0 Å². The summed E-state index contributed by atoms with van der Waals surface area (Å²) in [5.41, 5.74) is 5.91. The fourth-order valence-electron chi connectivity index (χ4n) is 1.94. The van der Waals surface area contributed by atoms with E-state index in [1.165, 1.54) is 12.2 Å².